The van der Waals surface area contributed by atoms with E-state index in [0.717, 1.165) is 0 Å². The first kappa shape index (κ1) is 14.9. The number of nitrogens with two attached hydrogens (primary N) is 1. The van der Waals surface area contributed by atoms with E-state index in [1.54, 1.807) is 0 Å². The smallest absolute Gasteiger partial charge is 0.221 e. The number of sulfonamides is 1. The summed E-state index contributed by atoms with van der Waals surface area (Å²) in [5.74, 6) is -1.49. The molecule has 110 valence electrons. The topological polar surface area (TPSA) is 80.5 Å². The van der Waals surface area contributed by atoms with Crippen molar-refractivity contribution in [1.82, 2.24) is 4.31 Å². The Balaban J connectivity index is 2.09. The molecule has 2 rings (SSSR count). The van der Waals surface area contributed by atoms with Gasteiger partial charge < -0.3 is 5.73 Å². The third-order valence-corrected chi connectivity index (χ3v) is 5.26. The molecule has 1 atom stereocenters. The molecular weight excluding hydrogens is 283 g/mol. The molecule has 2 N–H and O–H groups in total. The molecule has 1 aromatic carbocycles. The van der Waals surface area contributed by atoms with E-state index in [0.29, 0.717) is 24.9 Å². The molecule has 1 aliphatic heterocycles. The van der Waals surface area contributed by atoms with Gasteiger partial charge in [-0.15, -0.1) is 0 Å². The SMILES string of the molecule is NC(=O)C1CCCN(S(=O)(=O)Cc2ccc(F)cc2)C1. The Labute approximate surface area is 117 Å². The molecule has 0 spiro atoms. The first-order valence-electron chi connectivity index (χ1n) is 6.40. The highest BCUT2D eigenvalue weighted by Crippen LogP contribution is 2.21. The molecule has 0 aliphatic carbocycles. The Morgan fingerprint density at radius 3 is 2.60 bits per heavy atom. The van der Waals surface area contributed by atoms with Crippen LogP contribution in [-0.2, 0) is 20.6 Å². The predicted octanol–water partition coefficient (Wildman–Crippen LogP) is 0.853. The first-order chi connectivity index (χ1) is 9.38. The van der Waals surface area contributed by atoms with Gasteiger partial charge in [-0.2, -0.15) is 0 Å². The highest BCUT2D eigenvalue weighted by molar-refractivity contribution is 7.88. The molecule has 1 amide bonds. The Hall–Kier alpha value is -1.47. The summed E-state index contributed by atoms with van der Waals surface area (Å²) in [6, 6.07) is 5.35. The van der Waals surface area contributed by atoms with E-state index in [2.05, 4.69) is 0 Å². The van der Waals surface area contributed by atoms with Gasteiger partial charge in [0.05, 0.1) is 11.7 Å². The van der Waals surface area contributed by atoms with Crippen LogP contribution in [0.5, 0.6) is 0 Å². The standard InChI is InChI=1S/C13H17FN2O3S/c14-12-5-3-10(4-6-12)9-20(18,19)16-7-1-2-11(8-16)13(15)17/h3-6,11H,1-2,7-9H2,(H2,15,17). The van der Waals surface area contributed by atoms with Crippen molar-refractivity contribution in [3.05, 3.63) is 35.6 Å². The van der Waals surface area contributed by atoms with Gasteiger partial charge in [-0.1, -0.05) is 12.1 Å². The number of hydrogen-bond acceptors (Lipinski definition) is 3. The number of carbonyl (C=O) groups excluding carboxylic acids is 1. The number of piperidine rings is 1. The lowest BCUT2D eigenvalue weighted by molar-refractivity contribution is -0.122. The Morgan fingerprint density at radius 2 is 2.00 bits per heavy atom. The maximum absolute atomic E-state index is 12.8. The lowest BCUT2D eigenvalue weighted by Gasteiger charge is -2.30. The van der Waals surface area contributed by atoms with Gasteiger partial charge in [0.2, 0.25) is 15.9 Å². The summed E-state index contributed by atoms with van der Waals surface area (Å²) in [4.78, 5) is 11.2. The molecule has 1 fully saturated rings. The van der Waals surface area contributed by atoms with Crippen LogP contribution in [0.4, 0.5) is 4.39 Å². The average Bonchev–Trinajstić information content (AvgIpc) is 2.41. The molecule has 20 heavy (non-hydrogen) atoms. The summed E-state index contributed by atoms with van der Waals surface area (Å²) in [7, 11) is -3.51. The Morgan fingerprint density at radius 1 is 1.35 bits per heavy atom. The number of carbonyl (C=O) groups is 1. The van der Waals surface area contributed by atoms with Gasteiger partial charge in [0.15, 0.2) is 0 Å². The van der Waals surface area contributed by atoms with Gasteiger partial charge in [-0.3, -0.25) is 4.79 Å². The van der Waals surface area contributed by atoms with Crippen molar-refractivity contribution < 1.29 is 17.6 Å². The minimum atomic E-state index is -3.51. The minimum absolute atomic E-state index is 0.138. The van der Waals surface area contributed by atoms with Crippen LogP contribution < -0.4 is 5.73 Å². The Bertz CT molecular complexity index is 586. The van der Waals surface area contributed by atoms with E-state index in [4.69, 9.17) is 5.73 Å². The second-order valence-corrected chi connectivity index (χ2v) is 6.95. The summed E-state index contributed by atoms with van der Waals surface area (Å²) >= 11 is 0. The highest BCUT2D eigenvalue weighted by Gasteiger charge is 2.31. The van der Waals surface area contributed by atoms with Crippen LogP contribution in [0.25, 0.3) is 0 Å². The highest BCUT2D eigenvalue weighted by atomic mass is 32.2. The second-order valence-electron chi connectivity index (χ2n) is 4.98. The molecule has 7 heteroatoms. The van der Waals surface area contributed by atoms with E-state index in [-0.39, 0.29) is 12.3 Å². The average molecular weight is 300 g/mol. The Kier molecular flexibility index (Phi) is 4.39. The van der Waals surface area contributed by atoms with Crippen molar-refractivity contribution in [2.24, 2.45) is 11.7 Å². The normalized spacial score (nSPS) is 20.8. The summed E-state index contributed by atoms with van der Waals surface area (Å²) in [5.41, 5.74) is 5.76. The van der Waals surface area contributed by atoms with Gasteiger partial charge in [-0.25, -0.2) is 17.1 Å². The van der Waals surface area contributed by atoms with Gasteiger partial charge in [0.1, 0.15) is 5.82 Å². The minimum Gasteiger partial charge on any atom is -0.369 e. The van der Waals surface area contributed by atoms with Gasteiger partial charge in [0, 0.05) is 13.1 Å². The van der Waals surface area contributed by atoms with Crippen molar-refractivity contribution >= 4 is 15.9 Å². The van der Waals surface area contributed by atoms with Gasteiger partial charge in [0.25, 0.3) is 0 Å². The van der Waals surface area contributed by atoms with Crippen molar-refractivity contribution in [2.75, 3.05) is 13.1 Å². The number of benzene rings is 1. The molecule has 0 saturated carbocycles. The van der Waals surface area contributed by atoms with E-state index < -0.39 is 27.7 Å². The summed E-state index contributed by atoms with van der Waals surface area (Å²) in [6.07, 6.45) is 1.24. The van der Waals surface area contributed by atoms with Crippen LogP contribution in [0, 0.1) is 11.7 Å². The molecule has 1 saturated heterocycles. The molecular formula is C13H17FN2O3S. The lowest BCUT2D eigenvalue weighted by atomic mass is 9.99. The lowest BCUT2D eigenvalue weighted by Crippen LogP contribution is -2.44. The molecule has 1 heterocycles. The number of nitrogens with zero attached hydrogens (tertiary/aromatic N) is 1. The molecule has 1 aromatic rings. The number of rotatable bonds is 4. The maximum atomic E-state index is 12.8. The number of amides is 1. The fourth-order valence-corrected chi connectivity index (χ4v) is 3.92. The van der Waals surface area contributed by atoms with Gasteiger partial charge in [-0.05, 0) is 30.5 Å². The number of primary amides is 1. The summed E-state index contributed by atoms with van der Waals surface area (Å²) < 4.78 is 38.7. The monoisotopic (exact) mass is 300 g/mol. The fraction of sp³-hybridized carbons (Fsp3) is 0.462. The molecule has 1 unspecified atom stereocenters. The van der Waals surface area contributed by atoms with Crippen molar-refractivity contribution in [3.63, 3.8) is 0 Å². The largest absolute Gasteiger partial charge is 0.369 e. The van der Waals surface area contributed by atoms with Crippen molar-refractivity contribution in [1.29, 1.82) is 0 Å². The zero-order valence-corrected chi connectivity index (χ0v) is 11.8. The van der Waals surface area contributed by atoms with Crippen LogP contribution in [0.1, 0.15) is 18.4 Å². The van der Waals surface area contributed by atoms with Crippen molar-refractivity contribution in [3.8, 4) is 0 Å². The molecule has 0 bridgehead atoms. The zero-order valence-electron chi connectivity index (χ0n) is 11.0. The van der Waals surface area contributed by atoms with Crippen LogP contribution >= 0.6 is 0 Å². The van der Waals surface area contributed by atoms with Crippen LogP contribution in [-0.4, -0.2) is 31.7 Å². The van der Waals surface area contributed by atoms with E-state index in [1.165, 1.54) is 28.6 Å². The quantitative estimate of drug-likeness (QED) is 0.895. The maximum Gasteiger partial charge on any atom is 0.221 e. The molecule has 1 aliphatic rings. The molecule has 5 nitrogen and oxygen atoms in total. The second kappa shape index (κ2) is 5.88. The molecule has 0 aromatic heterocycles. The van der Waals surface area contributed by atoms with E-state index in [1.807, 2.05) is 0 Å². The third kappa shape index (κ3) is 3.55. The summed E-state index contributed by atoms with van der Waals surface area (Å²) in [5, 5.41) is 0. The number of hydrogen-bond donors (Lipinski definition) is 1. The van der Waals surface area contributed by atoms with Crippen LogP contribution in [0.2, 0.25) is 0 Å². The van der Waals surface area contributed by atoms with Gasteiger partial charge >= 0.3 is 0 Å². The van der Waals surface area contributed by atoms with E-state index >= 15 is 0 Å². The molecule has 0 radical (unpaired) electrons. The zero-order chi connectivity index (χ0) is 14.8. The first-order valence-corrected chi connectivity index (χ1v) is 8.01. The van der Waals surface area contributed by atoms with E-state index in [9.17, 15) is 17.6 Å². The van der Waals surface area contributed by atoms with Crippen LogP contribution in [0.15, 0.2) is 24.3 Å². The third-order valence-electron chi connectivity index (χ3n) is 3.44. The van der Waals surface area contributed by atoms with Crippen molar-refractivity contribution in [2.45, 2.75) is 18.6 Å². The van der Waals surface area contributed by atoms with Crippen LogP contribution in [0.3, 0.4) is 0 Å². The fourth-order valence-electron chi connectivity index (χ4n) is 2.31. The number of halogens is 1. The predicted molar refractivity (Wildman–Crippen MR) is 72.5 cm³/mol. The summed E-state index contributed by atoms with van der Waals surface area (Å²) in [6.45, 7) is 0.534.